The summed E-state index contributed by atoms with van der Waals surface area (Å²) in [7, 11) is 2.14. The Hall–Kier alpha value is -6.64. The van der Waals surface area contributed by atoms with Crippen molar-refractivity contribution in [2.75, 3.05) is 16.8 Å². The van der Waals surface area contributed by atoms with Gasteiger partial charge in [0.25, 0.3) is 0 Å². The van der Waals surface area contributed by atoms with Crippen LogP contribution in [0.3, 0.4) is 0 Å². The molecule has 9 aromatic carbocycles. The number of hydrogen-bond acceptors (Lipinski definition) is 2. The van der Waals surface area contributed by atoms with Gasteiger partial charge in [-0.15, -0.1) is 0 Å². The van der Waals surface area contributed by atoms with Gasteiger partial charge in [-0.25, -0.2) is 0 Å². The van der Waals surface area contributed by atoms with Crippen LogP contribution in [-0.4, -0.2) is 7.05 Å². The maximum absolute atomic E-state index is 2.35. The molecule has 0 aliphatic heterocycles. The Morgan fingerprint density at radius 2 is 0.706 bits per heavy atom. The second-order valence-electron chi connectivity index (χ2n) is 13.2. The molecule has 0 fully saturated rings. The third-order valence-corrected chi connectivity index (χ3v) is 9.99. The summed E-state index contributed by atoms with van der Waals surface area (Å²) in [6.07, 6.45) is 0. The van der Waals surface area contributed by atoms with Crippen LogP contribution >= 0.6 is 0 Å². The van der Waals surface area contributed by atoms with Gasteiger partial charge in [-0.2, -0.15) is 0 Å². The van der Waals surface area contributed by atoms with Gasteiger partial charge in [0.2, 0.25) is 0 Å². The molecule has 0 heterocycles. The van der Waals surface area contributed by atoms with Gasteiger partial charge in [0.15, 0.2) is 0 Å². The van der Waals surface area contributed by atoms with E-state index in [0.29, 0.717) is 0 Å². The van der Waals surface area contributed by atoms with E-state index in [1.165, 1.54) is 60.3 Å². The highest BCUT2D eigenvalue weighted by Gasteiger charge is 2.15. The largest absolute Gasteiger partial charge is 0.345 e. The van der Waals surface area contributed by atoms with E-state index in [-0.39, 0.29) is 0 Å². The predicted molar refractivity (Wildman–Crippen MR) is 219 cm³/mol. The first-order valence-corrected chi connectivity index (χ1v) is 17.5. The topological polar surface area (TPSA) is 6.48 Å². The number of nitrogens with zero attached hydrogens (tertiary/aromatic N) is 2. The average molecular weight is 653 g/mol. The van der Waals surface area contributed by atoms with Gasteiger partial charge in [0.1, 0.15) is 0 Å². The van der Waals surface area contributed by atoms with Crippen molar-refractivity contribution in [2.45, 2.75) is 0 Å². The highest BCUT2D eigenvalue weighted by atomic mass is 15.1. The second-order valence-corrected chi connectivity index (χ2v) is 13.2. The van der Waals surface area contributed by atoms with Crippen molar-refractivity contribution < 1.29 is 0 Å². The van der Waals surface area contributed by atoms with E-state index < -0.39 is 0 Å². The molecule has 2 nitrogen and oxygen atoms in total. The lowest BCUT2D eigenvalue weighted by molar-refractivity contribution is 1.21. The number of benzene rings is 9. The van der Waals surface area contributed by atoms with Crippen LogP contribution in [0.4, 0.5) is 28.4 Å². The second kappa shape index (κ2) is 13.0. The Labute approximate surface area is 299 Å². The van der Waals surface area contributed by atoms with Crippen molar-refractivity contribution in [1.29, 1.82) is 0 Å². The van der Waals surface area contributed by atoms with Crippen LogP contribution in [0.1, 0.15) is 0 Å². The molecular weight excluding hydrogens is 617 g/mol. The fourth-order valence-corrected chi connectivity index (χ4v) is 7.18. The summed E-state index contributed by atoms with van der Waals surface area (Å²) in [5.74, 6) is 0. The molecule has 242 valence electrons. The molecular formula is C49H36N2. The van der Waals surface area contributed by atoms with E-state index in [1.54, 1.807) is 0 Å². The number of fused-ring (bicyclic) bond motifs is 3. The molecule has 0 saturated carbocycles. The summed E-state index contributed by atoms with van der Waals surface area (Å²) in [6, 6.07) is 72.3. The summed E-state index contributed by atoms with van der Waals surface area (Å²) in [4.78, 5) is 4.61. The summed E-state index contributed by atoms with van der Waals surface area (Å²) >= 11 is 0. The van der Waals surface area contributed by atoms with Gasteiger partial charge < -0.3 is 9.80 Å². The molecule has 0 aromatic heterocycles. The SMILES string of the molecule is CN(c1ccc(-c2ccc(N(c3cccc(-c4ccccc4)c3)c3ccc4ccccc4c3)cc2)cc1)c1ccc2cc3ccccc3cc2c1. The minimum Gasteiger partial charge on any atom is -0.345 e. The lowest BCUT2D eigenvalue weighted by atomic mass is 10.0. The van der Waals surface area contributed by atoms with E-state index in [1.807, 2.05) is 0 Å². The Balaban J connectivity index is 1.02. The summed E-state index contributed by atoms with van der Waals surface area (Å²) in [5, 5.41) is 7.50. The fraction of sp³-hybridized carbons (Fsp3) is 0.0204. The van der Waals surface area contributed by atoms with Crippen LogP contribution in [0.5, 0.6) is 0 Å². The molecule has 0 aliphatic carbocycles. The molecule has 0 bridgehead atoms. The number of hydrogen-bond donors (Lipinski definition) is 0. The smallest absolute Gasteiger partial charge is 0.0468 e. The normalized spacial score (nSPS) is 11.2. The minimum atomic E-state index is 1.11. The van der Waals surface area contributed by atoms with Gasteiger partial charge in [0.05, 0.1) is 0 Å². The molecule has 2 heteroatoms. The number of anilines is 5. The average Bonchev–Trinajstić information content (AvgIpc) is 3.20. The zero-order chi connectivity index (χ0) is 34.1. The molecule has 51 heavy (non-hydrogen) atoms. The summed E-state index contributed by atoms with van der Waals surface area (Å²) < 4.78 is 0. The van der Waals surface area contributed by atoms with Gasteiger partial charge in [0, 0.05) is 35.5 Å². The van der Waals surface area contributed by atoms with Gasteiger partial charge in [-0.3, -0.25) is 0 Å². The highest BCUT2D eigenvalue weighted by Crippen LogP contribution is 2.39. The lowest BCUT2D eigenvalue weighted by Gasteiger charge is -2.26. The highest BCUT2D eigenvalue weighted by molar-refractivity contribution is 5.99. The number of rotatable bonds is 7. The molecule has 0 saturated heterocycles. The van der Waals surface area contributed by atoms with E-state index in [9.17, 15) is 0 Å². The molecule has 0 unspecified atom stereocenters. The van der Waals surface area contributed by atoms with Gasteiger partial charge >= 0.3 is 0 Å². The third-order valence-electron chi connectivity index (χ3n) is 9.99. The van der Waals surface area contributed by atoms with E-state index >= 15 is 0 Å². The summed E-state index contributed by atoms with van der Waals surface area (Å²) in [5.41, 5.74) is 10.4. The van der Waals surface area contributed by atoms with Gasteiger partial charge in [-0.1, -0.05) is 127 Å². The minimum absolute atomic E-state index is 1.11. The first kappa shape index (κ1) is 30.4. The Kier molecular flexibility index (Phi) is 7.75. The Bertz CT molecular complexity index is 2640. The molecule has 9 aromatic rings. The fourth-order valence-electron chi connectivity index (χ4n) is 7.18. The van der Waals surface area contributed by atoms with Crippen molar-refractivity contribution >= 4 is 60.8 Å². The van der Waals surface area contributed by atoms with E-state index in [4.69, 9.17) is 0 Å². The van der Waals surface area contributed by atoms with Crippen molar-refractivity contribution in [2.24, 2.45) is 0 Å². The zero-order valence-electron chi connectivity index (χ0n) is 28.4. The summed E-state index contributed by atoms with van der Waals surface area (Å²) in [6.45, 7) is 0. The first-order valence-electron chi connectivity index (χ1n) is 17.5. The van der Waals surface area contributed by atoms with Crippen LogP contribution in [-0.2, 0) is 0 Å². The molecule has 9 rings (SSSR count). The third kappa shape index (κ3) is 5.98. The Morgan fingerprint density at radius 3 is 1.41 bits per heavy atom. The maximum Gasteiger partial charge on any atom is 0.0468 e. The lowest BCUT2D eigenvalue weighted by Crippen LogP contribution is -2.10. The van der Waals surface area contributed by atoms with Crippen molar-refractivity contribution in [1.82, 2.24) is 0 Å². The predicted octanol–water partition coefficient (Wildman–Crippen LogP) is 13.7. The van der Waals surface area contributed by atoms with Crippen molar-refractivity contribution in [3.8, 4) is 22.3 Å². The molecule has 0 amide bonds. The standard InChI is InChI=1S/C49H36N2/c1-50(47-28-23-43-30-39-13-7-8-14-40(39)31-44(43)34-47)45-24-18-37(19-25-45)38-20-26-46(27-21-38)51(49-29-22-36-12-5-6-15-41(36)33-49)48-17-9-16-42(32-48)35-10-3-2-4-11-35/h2-34H,1H3. The van der Waals surface area contributed by atoms with Crippen LogP contribution in [0.25, 0.3) is 54.6 Å². The van der Waals surface area contributed by atoms with Crippen LogP contribution in [0.2, 0.25) is 0 Å². The molecule has 0 N–H and O–H groups in total. The maximum atomic E-state index is 2.35. The van der Waals surface area contributed by atoms with Crippen LogP contribution < -0.4 is 9.80 Å². The Morgan fingerprint density at radius 1 is 0.255 bits per heavy atom. The quantitative estimate of drug-likeness (QED) is 0.158. The van der Waals surface area contributed by atoms with Gasteiger partial charge in [-0.05, 0) is 127 Å². The van der Waals surface area contributed by atoms with Crippen molar-refractivity contribution in [3.63, 3.8) is 0 Å². The molecule has 0 spiro atoms. The monoisotopic (exact) mass is 652 g/mol. The van der Waals surface area contributed by atoms with E-state index in [0.717, 1.165) is 22.7 Å². The first-order chi connectivity index (χ1) is 25.2. The molecule has 0 atom stereocenters. The van der Waals surface area contributed by atoms with Crippen LogP contribution in [0, 0.1) is 0 Å². The zero-order valence-corrected chi connectivity index (χ0v) is 28.4. The van der Waals surface area contributed by atoms with Crippen molar-refractivity contribution in [3.05, 3.63) is 200 Å². The van der Waals surface area contributed by atoms with E-state index in [2.05, 4.69) is 217 Å². The molecule has 0 aliphatic rings. The van der Waals surface area contributed by atoms with Crippen LogP contribution in [0.15, 0.2) is 200 Å². The molecule has 0 radical (unpaired) electrons.